The quantitative estimate of drug-likeness (QED) is 0.582. The highest BCUT2D eigenvalue weighted by Gasteiger charge is 2.18. The summed E-state index contributed by atoms with van der Waals surface area (Å²) in [5.41, 5.74) is 5.12. The first-order valence-electron chi connectivity index (χ1n) is 9.00. The molecule has 0 spiro atoms. The summed E-state index contributed by atoms with van der Waals surface area (Å²) in [6.45, 7) is 7.53. The summed E-state index contributed by atoms with van der Waals surface area (Å²) in [5, 5.41) is 8.14. The summed E-state index contributed by atoms with van der Waals surface area (Å²) in [5.74, 6) is 1.12. The van der Waals surface area contributed by atoms with Crippen LogP contribution in [0.3, 0.4) is 0 Å². The Morgan fingerprint density at radius 2 is 1.86 bits per heavy atom. The maximum absolute atomic E-state index is 13.0. The zero-order chi connectivity index (χ0) is 20.0. The number of nitrogens with zero attached hydrogens (tertiary/aromatic N) is 4. The Bertz CT molecular complexity index is 1200. The van der Waals surface area contributed by atoms with Crippen molar-refractivity contribution in [2.24, 2.45) is 7.05 Å². The standard InChI is InChI=1S/C21H21N5O2/c1-11-9-17(18-13(3)25-26(5)19(18)22-11)20(27)24-16-8-6-7-15(10-16)21-23-12(2)14(4)28-21/h6-10H,1-5H3,(H,24,27). The first kappa shape index (κ1) is 17.9. The van der Waals surface area contributed by atoms with Crippen molar-refractivity contribution < 1.29 is 9.21 Å². The predicted octanol–water partition coefficient (Wildman–Crippen LogP) is 4.11. The minimum absolute atomic E-state index is 0.205. The molecule has 1 aromatic carbocycles. The SMILES string of the molecule is Cc1cc(C(=O)Nc2cccc(-c3nc(C)c(C)o3)c2)c2c(C)nn(C)c2n1. The molecule has 0 aliphatic heterocycles. The lowest BCUT2D eigenvalue weighted by molar-refractivity contribution is 0.102. The van der Waals surface area contributed by atoms with Crippen molar-refractivity contribution in [3.05, 3.63) is 58.7 Å². The number of benzene rings is 1. The van der Waals surface area contributed by atoms with E-state index in [0.29, 0.717) is 22.8 Å². The number of hydrogen-bond acceptors (Lipinski definition) is 5. The van der Waals surface area contributed by atoms with E-state index in [2.05, 4.69) is 20.4 Å². The summed E-state index contributed by atoms with van der Waals surface area (Å²) in [6.07, 6.45) is 0. The Labute approximate surface area is 162 Å². The van der Waals surface area contributed by atoms with Gasteiger partial charge in [0.15, 0.2) is 5.65 Å². The van der Waals surface area contributed by atoms with Gasteiger partial charge < -0.3 is 9.73 Å². The fourth-order valence-corrected chi connectivity index (χ4v) is 3.27. The van der Waals surface area contributed by atoms with Crippen LogP contribution in [-0.2, 0) is 7.05 Å². The molecule has 0 bridgehead atoms. The van der Waals surface area contributed by atoms with Crippen molar-refractivity contribution in [2.75, 3.05) is 5.32 Å². The van der Waals surface area contributed by atoms with Gasteiger partial charge in [-0.3, -0.25) is 9.48 Å². The number of rotatable bonds is 3. The molecular formula is C21H21N5O2. The Morgan fingerprint density at radius 1 is 1.07 bits per heavy atom. The molecule has 0 radical (unpaired) electrons. The molecule has 7 nitrogen and oxygen atoms in total. The predicted molar refractivity (Wildman–Crippen MR) is 107 cm³/mol. The number of oxazole rings is 1. The lowest BCUT2D eigenvalue weighted by Crippen LogP contribution is -2.13. The first-order chi connectivity index (χ1) is 13.3. The normalized spacial score (nSPS) is 11.2. The van der Waals surface area contributed by atoms with Crippen LogP contribution in [0.2, 0.25) is 0 Å². The van der Waals surface area contributed by atoms with Gasteiger partial charge in [-0.2, -0.15) is 5.10 Å². The molecule has 3 heterocycles. The molecule has 0 saturated heterocycles. The number of fused-ring (bicyclic) bond motifs is 1. The van der Waals surface area contributed by atoms with Crippen molar-refractivity contribution in [2.45, 2.75) is 27.7 Å². The van der Waals surface area contributed by atoms with Crippen LogP contribution in [0.25, 0.3) is 22.5 Å². The van der Waals surface area contributed by atoms with Crippen LogP contribution in [0.4, 0.5) is 5.69 Å². The Kier molecular flexibility index (Phi) is 4.22. The highest BCUT2D eigenvalue weighted by molar-refractivity contribution is 6.12. The summed E-state index contributed by atoms with van der Waals surface area (Å²) >= 11 is 0. The lowest BCUT2D eigenvalue weighted by Gasteiger charge is -2.08. The van der Waals surface area contributed by atoms with Crippen LogP contribution in [0.1, 0.15) is 33.2 Å². The van der Waals surface area contributed by atoms with E-state index in [1.165, 1.54) is 0 Å². The van der Waals surface area contributed by atoms with Gasteiger partial charge in [-0.1, -0.05) is 6.07 Å². The van der Waals surface area contributed by atoms with Gasteiger partial charge in [0, 0.05) is 24.0 Å². The van der Waals surface area contributed by atoms with Crippen LogP contribution >= 0.6 is 0 Å². The fraction of sp³-hybridized carbons (Fsp3) is 0.238. The van der Waals surface area contributed by atoms with Gasteiger partial charge in [0.1, 0.15) is 5.76 Å². The maximum atomic E-state index is 13.0. The molecule has 0 unspecified atom stereocenters. The molecule has 0 fully saturated rings. The molecule has 0 saturated carbocycles. The van der Waals surface area contributed by atoms with Gasteiger partial charge in [-0.05, 0) is 52.0 Å². The zero-order valence-electron chi connectivity index (χ0n) is 16.5. The van der Waals surface area contributed by atoms with E-state index in [1.807, 2.05) is 59.0 Å². The molecule has 142 valence electrons. The molecule has 3 aromatic heterocycles. The topological polar surface area (TPSA) is 85.8 Å². The van der Waals surface area contributed by atoms with E-state index in [0.717, 1.165) is 33.8 Å². The van der Waals surface area contributed by atoms with Crippen LogP contribution < -0.4 is 5.32 Å². The number of hydrogen-bond donors (Lipinski definition) is 1. The number of pyridine rings is 1. The highest BCUT2D eigenvalue weighted by atomic mass is 16.4. The van der Waals surface area contributed by atoms with E-state index < -0.39 is 0 Å². The summed E-state index contributed by atoms with van der Waals surface area (Å²) in [7, 11) is 1.83. The monoisotopic (exact) mass is 375 g/mol. The molecule has 4 rings (SSSR count). The van der Waals surface area contributed by atoms with Crippen LogP contribution in [-0.4, -0.2) is 25.7 Å². The third kappa shape index (κ3) is 3.05. The number of carbonyl (C=O) groups excluding carboxylic acids is 1. The molecule has 4 aromatic rings. The Morgan fingerprint density at radius 3 is 2.57 bits per heavy atom. The summed E-state index contributed by atoms with van der Waals surface area (Å²) < 4.78 is 7.39. The van der Waals surface area contributed by atoms with Crippen LogP contribution in [0, 0.1) is 27.7 Å². The number of aromatic nitrogens is 4. The summed E-state index contributed by atoms with van der Waals surface area (Å²) in [6, 6.07) is 9.25. The Balaban J connectivity index is 1.70. The van der Waals surface area contributed by atoms with E-state index in [9.17, 15) is 4.79 Å². The second-order valence-corrected chi connectivity index (χ2v) is 6.91. The second kappa shape index (κ2) is 6.60. The number of aryl methyl sites for hydroxylation is 5. The van der Waals surface area contributed by atoms with E-state index in [1.54, 1.807) is 10.7 Å². The molecule has 0 aliphatic carbocycles. The molecule has 7 heteroatoms. The van der Waals surface area contributed by atoms with Crippen molar-refractivity contribution in [1.82, 2.24) is 19.7 Å². The number of anilines is 1. The van der Waals surface area contributed by atoms with Gasteiger partial charge in [0.05, 0.1) is 22.3 Å². The van der Waals surface area contributed by atoms with Crippen molar-refractivity contribution in [3.63, 3.8) is 0 Å². The molecule has 1 N–H and O–H groups in total. The molecule has 1 amide bonds. The second-order valence-electron chi connectivity index (χ2n) is 6.91. The smallest absolute Gasteiger partial charge is 0.256 e. The van der Waals surface area contributed by atoms with Gasteiger partial charge >= 0.3 is 0 Å². The fourth-order valence-electron chi connectivity index (χ4n) is 3.27. The Hall–Kier alpha value is -3.48. The third-order valence-corrected chi connectivity index (χ3v) is 4.74. The van der Waals surface area contributed by atoms with E-state index in [-0.39, 0.29) is 5.91 Å². The lowest BCUT2D eigenvalue weighted by atomic mass is 10.1. The van der Waals surface area contributed by atoms with E-state index >= 15 is 0 Å². The average molecular weight is 375 g/mol. The number of nitrogens with one attached hydrogen (secondary N) is 1. The third-order valence-electron chi connectivity index (χ3n) is 4.74. The molecule has 0 atom stereocenters. The molecule has 0 aliphatic rings. The van der Waals surface area contributed by atoms with Gasteiger partial charge in [-0.15, -0.1) is 0 Å². The van der Waals surface area contributed by atoms with Crippen molar-refractivity contribution >= 4 is 22.6 Å². The number of amides is 1. The average Bonchev–Trinajstić information content (AvgIpc) is 3.13. The largest absolute Gasteiger partial charge is 0.441 e. The first-order valence-corrected chi connectivity index (χ1v) is 9.00. The summed E-state index contributed by atoms with van der Waals surface area (Å²) in [4.78, 5) is 22.0. The minimum atomic E-state index is -0.205. The molecular weight excluding hydrogens is 354 g/mol. The van der Waals surface area contributed by atoms with Crippen LogP contribution in [0.5, 0.6) is 0 Å². The highest BCUT2D eigenvalue weighted by Crippen LogP contribution is 2.26. The van der Waals surface area contributed by atoms with Gasteiger partial charge in [-0.25, -0.2) is 9.97 Å². The van der Waals surface area contributed by atoms with Gasteiger partial charge in [0.25, 0.3) is 5.91 Å². The van der Waals surface area contributed by atoms with Crippen molar-refractivity contribution in [3.8, 4) is 11.5 Å². The van der Waals surface area contributed by atoms with Crippen LogP contribution in [0.15, 0.2) is 34.7 Å². The van der Waals surface area contributed by atoms with Crippen molar-refractivity contribution in [1.29, 1.82) is 0 Å². The zero-order valence-corrected chi connectivity index (χ0v) is 16.5. The van der Waals surface area contributed by atoms with E-state index in [4.69, 9.17) is 4.42 Å². The number of carbonyl (C=O) groups is 1. The van der Waals surface area contributed by atoms with Gasteiger partial charge in [0.2, 0.25) is 5.89 Å². The molecule has 28 heavy (non-hydrogen) atoms. The minimum Gasteiger partial charge on any atom is -0.441 e. The maximum Gasteiger partial charge on any atom is 0.256 e.